The van der Waals surface area contributed by atoms with Gasteiger partial charge in [0.2, 0.25) is 0 Å². The zero-order chi connectivity index (χ0) is 18.3. The van der Waals surface area contributed by atoms with E-state index >= 15 is 0 Å². The van der Waals surface area contributed by atoms with Gasteiger partial charge in [0, 0.05) is 0 Å². The van der Waals surface area contributed by atoms with Crippen LogP contribution in [0.15, 0.2) is 54.6 Å². The lowest BCUT2D eigenvalue weighted by molar-refractivity contribution is 0.102. The van der Waals surface area contributed by atoms with Crippen molar-refractivity contribution in [1.29, 1.82) is 0 Å². The molecule has 0 spiro atoms. The first-order chi connectivity index (χ1) is 12.6. The van der Waals surface area contributed by atoms with Crippen molar-refractivity contribution in [3.05, 3.63) is 65.2 Å². The topological polar surface area (TPSA) is 70.6 Å². The molecule has 1 aliphatic heterocycles. The molecule has 0 radical (unpaired) electrons. The van der Waals surface area contributed by atoms with Gasteiger partial charge in [0.25, 0.3) is 5.91 Å². The lowest BCUT2D eigenvalue weighted by atomic mass is 10.0. The number of halogens is 1. The second-order valence-electron chi connectivity index (χ2n) is 5.89. The highest BCUT2D eigenvalue weighted by Crippen LogP contribution is 2.39. The minimum atomic E-state index is -0.228. The van der Waals surface area contributed by atoms with E-state index in [2.05, 4.69) is 10.6 Å². The molecule has 26 heavy (non-hydrogen) atoms. The number of rotatable bonds is 2. The molecular formula is C20H15ClN2O3. The largest absolute Gasteiger partial charge is 0.504 e. The predicted octanol–water partition coefficient (Wildman–Crippen LogP) is 5.03. The van der Waals surface area contributed by atoms with Crippen molar-refractivity contribution in [2.75, 3.05) is 17.7 Å². The number of hydrogen-bond acceptors (Lipinski definition) is 4. The van der Waals surface area contributed by atoms with E-state index < -0.39 is 0 Å². The first kappa shape index (κ1) is 16.3. The molecule has 0 saturated carbocycles. The fourth-order valence-electron chi connectivity index (χ4n) is 2.96. The molecule has 0 saturated heterocycles. The fraction of sp³-hybridized carbons (Fsp3) is 0.0500. The van der Waals surface area contributed by atoms with Gasteiger partial charge in [0.05, 0.1) is 34.8 Å². The number of benzene rings is 3. The number of carbonyl (C=O) groups is 1. The highest BCUT2D eigenvalue weighted by atomic mass is 35.5. The summed E-state index contributed by atoms with van der Waals surface area (Å²) in [4.78, 5) is 12.6. The van der Waals surface area contributed by atoms with Gasteiger partial charge in [0.15, 0.2) is 11.5 Å². The lowest BCUT2D eigenvalue weighted by Gasteiger charge is -2.12. The fourth-order valence-corrected chi connectivity index (χ4v) is 3.19. The molecule has 1 aliphatic rings. The summed E-state index contributed by atoms with van der Waals surface area (Å²) in [5, 5.41) is 16.4. The molecule has 3 aromatic rings. The van der Waals surface area contributed by atoms with Crippen LogP contribution in [0.3, 0.4) is 0 Å². The lowest BCUT2D eigenvalue weighted by Crippen LogP contribution is -2.10. The third kappa shape index (κ3) is 2.72. The Hall–Kier alpha value is -3.18. The number of hydrogen-bond donors (Lipinski definition) is 3. The van der Waals surface area contributed by atoms with Crippen molar-refractivity contribution in [3.63, 3.8) is 0 Å². The van der Waals surface area contributed by atoms with Crippen molar-refractivity contribution < 1.29 is 14.6 Å². The number of ether oxygens (including phenoxy) is 1. The number of aromatic hydroxyl groups is 1. The van der Waals surface area contributed by atoms with E-state index in [1.807, 2.05) is 24.3 Å². The molecule has 1 heterocycles. The van der Waals surface area contributed by atoms with E-state index in [9.17, 15) is 9.90 Å². The van der Waals surface area contributed by atoms with Gasteiger partial charge < -0.3 is 20.5 Å². The number of amides is 1. The van der Waals surface area contributed by atoms with E-state index in [1.165, 1.54) is 7.11 Å². The zero-order valence-electron chi connectivity index (χ0n) is 13.8. The number of phenols is 1. The van der Waals surface area contributed by atoms with Gasteiger partial charge in [0.1, 0.15) is 0 Å². The molecule has 6 heteroatoms. The van der Waals surface area contributed by atoms with Gasteiger partial charge >= 0.3 is 0 Å². The number of phenolic OH excluding ortho intramolecular Hbond substituents is 1. The highest BCUT2D eigenvalue weighted by molar-refractivity contribution is 6.35. The molecule has 1 amide bonds. The van der Waals surface area contributed by atoms with Gasteiger partial charge in [-0.2, -0.15) is 0 Å². The number of nitrogens with one attached hydrogen (secondary N) is 2. The SMILES string of the molecule is COc1cc(-c2ccc3c(c2)Nc2cccc(Cl)c2NC3=O)ccc1O. The summed E-state index contributed by atoms with van der Waals surface area (Å²) >= 11 is 6.21. The van der Waals surface area contributed by atoms with Crippen LogP contribution in [-0.2, 0) is 0 Å². The van der Waals surface area contributed by atoms with Crippen LogP contribution in [0.5, 0.6) is 11.5 Å². The van der Waals surface area contributed by atoms with Crippen molar-refractivity contribution in [3.8, 4) is 22.6 Å². The smallest absolute Gasteiger partial charge is 0.257 e. The Labute approximate surface area is 155 Å². The first-order valence-corrected chi connectivity index (χ1v) is 8.33. The average Bonchev–Trinajstić information content (AvgIpc) is 2.78. The molecule has 0 aromatic heterocycles. The molecule has 3 N–H and O–H groups in total. The Bertz CT molecular complexity index is 1030. The minimum Gasteiger partial charge on any atom is -0.504 e. The van der Waals surface area contributed by atoms with Crippen LogP contribution < -0.4 is 15.4 Å². The van der Waals surface area contributed by atoms with E-state index in [4.69, 9.17) is 16.3 Å². The molecule has 3 aromatic carbocycles. The normalized spacial score (nSPS) is 12.3. The Morgan fingerprint density at radius 1 is 0.962 bits per heavy atom. The second kappa shape index (κ2) is 6.28. The molecule has 0 unspecified atom stereocenters. The summed E-state index contributed by atoms with van der Waals surface area (Å²) < 4.78 is 5.17. The number of fused-ring (bicyclic) bond motifs is 2. The van der Waals surface area contributed by atoms with Gasteiger partial charge in [-0.25, -0.2) is 0 Å². The third-order valence-electron chi connectivity index (χ3n) is 4.30. The van der Waals surface area contributed by atoms with Crippen molar-refractivity contribution in [2.24, 2.45) is 0 Å². The summed E-state index contributed by atoms with van der Waals surface area (Å²) in [5.41, 5.74) is 4.22. The Balaban J connectivity index is 1.81. The summed E-state index contributed by atoms with van der Waals surface area (Å²) in [5.74, 6) is 0.238. The molecular weight excluding hydrogens is 352 g/mol. The number of para-hydroxylation sites is 1. The summed E-state index contributed by atoms with van der Waals surface area (Å²) in [6, 6.07) is 16.0. The summed E-state index contributed by atoms with van der Waals surface area (Å²) in [6.07, 6.45) is 0. The van der Waals surface area contributed by atoms with Crippen molar-refractivity contribution >= 4 is 34.6 Å². The monoisotopic (exact) mass is 366 g/mol. The van der Waals surface area contributed by atoms with Crippen LogP contribution >= 0.6 is 11.6 Å². The Kier molecular flexibility index (Phi) is 3.93. The van der Waals surface area contributed by atoms with E-state index in [0.717, 1.165) is 16.8 Å². The molecule has 0 fully saturated rings. The van der Waals surface area contributed by atoms with Gasteiger partial charge in [-0.15, -0.1) is 0 Å². The minimum absolute atomic E-state index is 0.0760. The standard InChI is InChI=1S/C20H15ClN2O3/c1-26-18-10-12(6-8-17(18)24)11-5-7-13-16(9-11)22-15-4-2-3-14(21)19(15)23-20(13)25/h2-10,22,24H,1H3,(H,23,25). The molecule has 0 atom stereocenters. The highest BCUT2D eigenvalue weighted by Gasteiger charge is 2.21. The van der Waals surface area contributed by atoms with Gasteiger partial charge in [-0.05, 0) is 47.5 Å². The predicted molar refractivity (Wildman–Crippen MR) is 103 cm³/mol. The zero-order valence-corrected chi connectivity index (χ0v) is 14.6. The molecule has 0 bridgehead atoms. The molecule has 130 valence electrons. The first-order valence-electron chi connectivity index (χ1n) is 7.95. The maximum absolute atomic E-state index is 12.6. The number of methoxy groups -OCH3 is 1. The number of carbonyl (C=O) groups excluding carboxylic acids is 1. The Morgan fingerprint density at radius 3 is 2.54 bits per heavy atom. The maximum Gasteiger partial charge on any atom is 0.257 e. The van der Waals surface area contributed by atoms with E-state index in [1.54, 1.807) is 30.3 Å². The second-order valence-corrected chi connectivity index (χ2v) is 6.30. The maximum atomic E-state index is 12.6. The van der Waals surface area contributed by atoms with Crippen molar-refractivity contribution in [2.45, 2.75) is 0 Å². The van der Waals surface area contributed by atoms with E-state index in [-0.39, 0.29) is 11.7 Å². The quantitative estimate of drug-likeness (QED) is 0.594. The van der Waals surface area contributed by atoms with E-state index in [0.29, 0.717) is 27.7 Å². The Morgan fingerprint density at radius 2 is 1.73 bits per heavy atom. The van der Waals surface area contributed by atoms with Crippen LogP contribution in [0.2, 0.25) is 5.02 Å². The van der Waals surface area contributed by atoms with Crippen LogP contribution in [0.4, 0.5) is 17.1 Å². The summed E-state index contributed by atoms with van der Waals surface area (Å²) in [6.45, 7) is 0. The average molecular weight is 367 g/mol. The van der Waals surface area contributed by atoms with Crippen LogP contribution in [0.25, 0.3) is 11.1 Å². The molecule has 4 rings (SSSR count). The van der Waals surface area contributed by atoms with Crippen LogP contribution in [-0.4, -0.2) is 18.1 Å². The van der Waals surface area contributed by atoms with Gasteiger partial charge in [-0.3, -0.25) is 4.79 Å². The summed E-state index contributed by atoms with van der Waals surface area (Å²) in [7, 11) is 1.50. The number of anilines is 3. The van der Waals surface area contributed by atoms with Crippen molar-refractivity contribution in [1.82, 2.24) is 0 Å². The molecule has 0 aliphatic carbocycles. The van der Waals surface area contributed by atoms with Crippen LogP contribution in [0.1, 0.15) is 10.4 Å². The third-order valence-corrected chi connectivity index (χ3v) is 4.61. The van der Waals surface area contributed by atoms with Crippen LogP contribution in [0, 0.1) is 0 Å². The van der Waals surface area contributed by atoms with Gasteiger partial charge in [-0.1, -0.05) is 29.8 Å². The molecule has 5 nitrogen and oxygen atoms in total.